The fourth-order valence-electron chi connectivity index (χ4n) is 2.55. The molecule has 2 aromatic rings. The van der Waals surface area contributed by atoms with Crippen LogP contribution < -0.4 is 14.2 Å². The van der Waals surface area contributed by atoms with Gasteiger partial charge in [-0.3, -0.25) is 4.79 Å². The van der Waals surface area contributed by atoms with Crippen molar-refractivity contribution >= 4 is 21.9 Å². The summed E-state index contributed by atoms with van der Waals surface area (Å²) in [4.78, 5) is 12.6. The molecule has 0 aromatic heterocycles. The van der Waals surface area contributed by atoms with Crippen molar-refractivity contribution in [1.29, 1.82) is 0 Å². The van der Waals surface area contributed by atoms with Crippen molar-refractivity contribution in [3.8, 4) is 17.2 Å². The average Bonchev–Trinajstić information content (AvgIpc) is 2.72. The predicted molar refractivity (Wildman–Crippen MR) is 111 cm³/mol. The third-order valence-electron chi connectivity index (χ3n) is 4.12. The highest BCUT2D eigenvalue weighted by atomic mass is 32.2. The molecule has 0 bridgehead atoms. The molecule has 0 N–H and O–H groups in total. The highest BCUT2D eigenvalue weighted by Gasteiger charge is 2.17. The van der Waals surface area contributed by atoms with E-state index < -0.39 is 10.0 Å². The minimum Gasteiger partial charge on any atom is -0.493 e. The van der Waals surface area contributed by atoms with Crippen LogP contribution in [0.5, 0.6) is 17.2 Å². The number of hydrogen-bond acceptors (Lipinski definition) is 6. The minimum absolute atomic E-state index is 0.129. The summed E-state index contributed by atoms with van der Waals surface area (Å²) in [6.07, 6.45) is 3.04. The number of allylic oxidation sites excluding steroid dienone is 1. The second-order valence-corrected chi connectivity index (χ2v) is 8.35. The normalized spacial score (nSPS) is 11.7. The Morgan fingerprint density at radius 3 is 2.03 bits per heavy atom. The zero-order chi connectivity index (χ0) is 21.6. The molecule has 156 valence electrons. The highest BCUT2D eigenvalue weighted by Crippen LogP contribution is 2.38. The Morgan fingerprint density at radius 2 is 1.59 bits per heavy atom. The quantitative estimate of drug-likeness (QED) is 0.458. The van der Waals surface area contributed by atoms with E-state index in [0.29, 0.717) is 35.0 Å². The molecular weight excluding hydrogens is 394 g/mol. The van der Waals surface area contributed by atoms with Gasteiger partial charge in [-0.1, -0.05) is 6.08 Å². The molecule has 2 aromatic carbocycles. The summed E-state index contributed by atoms with van der Waals surface area (Å²) in [5.74, 6) is 1.23. The number of hydrogen-bond donors (Lipinski definition) is 0. The largest absolute Gasteiger partial charge is 0.493 e. The van der Waals surface area contributed by atoms with Crippen LogP contribution >= 0.6 is 0 Å². The highest BCUT2D eigenvalue weighted by molar-refractivity contribution is 7.89. The average molecular weight is 419 g/mol. The van der Waals surface area contributed by atoms with Crippen LogP contribution in [0.4, 0.5) is 0 Å². The van der Waals surface area contributed by atoms with Gasteiger partial charge >= 0.3 is 0 Å². The first kappa shape index (κ1) is 22.4. The lowest BCUT2D eigenvalue weighted by molar-refractivity contribution is 0.104. The Kier molecular flexibility index (Phi) is 7.41. The van der Waals surface area contributed by atoms with Crippen molar-refractivity contribution in [2.45, 2.75) is 11.8 Å². The van der Waals surface area contributed by atoms with E-state index in [2.05, 4.69) is 0 Å². The zero-order valence-corrected chi connectivity index (χ0v) is 17.9. The zero-order valence-electron chi connectivity index (χ0n) is 17.1. The van der Waals surface area contributed by atoms with E-state index in [4.69, 9.17) is 14.2 Å². The van der Waals surface area contributed by atoms with Gasteiger partial charge in [0.2, 0.25) is 15.8 Å². The Bertz CT molecular complexity index is 969. The van der Waals surface area contributed by atoms with Gasteiger partial charge in [-0.05, 0) is 55.0 Å². The molecule has 0 aliphatic heterocycles. The summed E-state index contributed by atoms with van der Waals surface area (Å²) in [5.41, 5.74) is 1.08. The second kappa shape index (κ2) is 9.58. The van der Waals surface area contributed by atoms with Crippen LogP contribution in [0.3, 0.4) is 0 Å². The van der Waals surface area contributed by atoms with E-state index in [1.807, 2.05) is 6.92 Å². The maximum atomic E-state index is 12.5. The molecule has 0 aliphatic carbocycles. The number of rotatable bonds is 9. The molecule has 0 saturated heterocycles. The molecule has 0 aliphatic rings. The third-order valence-corrected chi connectivity index (χ3v) is 5.95. The van der Waals surface area contributed by atoms with E-state index in [1.54, 1.807) is 18.2 Å². The monoisotopic (exact) mass is 419 g/mol. The lowest BCUT2D eigenvalue weighted by atomic mass is 10.1. The first-order valence-corrected chi connectivity index (χ1v) is 10.3. The van der Waals surface area contributed by atoms with Crippen molar-refractivity contribution in [2.24, 2.45) is 0 Å². The lowest BCUT2D eigenvalue weighted by Crippen LogP contribution is -2.22. The number of ether oxygens (including phenoxy) is 3. The molecule has 0 unspecified atom stereocenters. The molecule has 2 rings (SSSR count). The van der Waals surface area contributed by atoms with Crippen molar-refractivity contribution in [2.75, 3.05) is 34.9 Å². The van der Waals surface area contributed by atoms with Crippen LogP contribution in [-0.2, 0) is 10.0 Å². The van der Waals surface area contributed by atoms with Crippen LogP contribution in [0, 0.1) is 0 Å². The van der Waals surface area contributed by atoms with Gasteiger partial charge < -0.3 is 14.2 Å². The van der Waals surface area contributed by atoms with E-state index in [0.717, 1.165) is 4.31 Å². The standard InChI is InChI=1S/C21H25NO6S/c1-6-28-21-19(26-4)13-15(14-20(21)27-5)7-12-18(23)16-8-10-17(11-9-16)29(24,25)22(2)3/h7-14H,6H2,1-5H3/b12-7+. The number of sulfonamides is 1. The molecule has 29 heavy (non-hydrogen) atoms. The van der Waals surface area contributed by atoms with Crippen LogP contribution in [0.25, 0.3) is 6.08 Å². The molecule has 0 saturated carbocycles. The molecule has 0 amide bonds. The number of nitrogens with zero attached hydrogens (tertiary/aromatic N) is 1. The van der Waals surface area contributed by atoms with Gasteiger partial charge in [0.15, 0.2) is 17.3 Å². The Labute approximate surface area is 171 Å². The third kappa shape index (κ3) is 5.16. The Hall–Kier alpha value is -2.84. The summed E-state index contributed by atoms with van der Waals surface area (Å²) < 4.78 is 41.6. The van der Waals surface area contributed by atoms with Crippen LogP contribution in [0.2, 0.25) is 0 Å². The SMILES string of the molecule is CCOc1c(OC)cc(/C=C/C(=O)c2ccc(S(=O)(=O)N(C)C)cc2)cc1OC. The minimum atomic E-state index is -3.53. The van der Waals surface area contributed by atoms with E-state index in [1.165, 1.54) is 58.7 Å². The van der Waals surface area contributed by atoms with Gasteiger partial charge in [-0.2, -0.15) is 0 Å². The second-order valence-electron chi connectivity index (χ2n) is 6.20. The smallest absolute Gasteiger partial charge is 0.242 e. The van der Waals surface area contributed by atoms with Gasteiger partial charge in [-0.25, -0.2) is 12.7 Å². The molecule has 0 atom stereocenters. The summed E-state index contributed by atoms with van der Waals surface area (Å²) in [5, 5.41) is 0. The summed E-state index contributed by atoms with van der Waals surface area (Å²) in [6, 6.07) is 9.29. The molecule has 0 fully saturated rings. The van der Waals surface area contributed by atoms with Crippen LogP contribution in [0.15, 0.2) is 47.4 Å². The Morgan fingerprint density at radius 1 is 1.03 bits per heavy atom. The van der Waals surface area contributed by atoms with Crippen LogP contribution in [-0.4, -0.2) is 53.4 Å². The van der Waals surface area contributed by atoms with Gasteiger partial charge in [-0.15, -0.1) is 0 Å². The molecule has 7 nitrogen and oxygen atoms in total. The van der Waals surface area contributed by atoms with Gasteiger partial charge in [0.25, 0.3) is 0 Å². The maximum absolute atomic E-state index is 12.5. The topological polar surface area (TPSA) is 82.1 Å². The van der Waals surface area contributed by atoms with Crippen LogP contribution in [0.1, 0.15) is 22.8 Å². The fourth-order valence-corrected chi connectivity index (χ4v) is 3.45. The first-order chi connectivity index (χ1) is 13.7. The van der Waals surface area contributed by atoms with Crippen molar-refractivity contribution in [3.63, 3.8) is 0 Å². The number of methoxy groups -OCH3 is 2. The summed E-state index contributed by atoms with van der Waals surface area (Å²) in [6.45, 7) is 2.32. The number of ketones is 1. The van der Waals surface area contributed by atoms with Gasteiger partial charge in [0.1, 0.15) is 0 Å². The van der Waals surface area contributed by atoms with Crippen molar-refractivity contribution < 1.29 is 27.4 Å². The molecule has 0 spiro atoms. The Balaban J connectivity index is 2.27. The van der Waals surface area contributed by atoms with E-state index in [-0.39, 0.29) is 10.7 Å². The van der Waals surface area contributed by atoms with Gasteiger partial charge in [0, 0.05) is 19.7 Å². The number of benzene rings is 2. The maximum Gasteiger partial charge on any atom is 0.242 e. The molecular formula is C21H25NO6S. The lowest BCUT2D eigenvalue weighted by Gasteiger charge is -2.14. The fraction of sp³-hybridized carbons (Fsp3) is 0.286. The van der Waals surface area contributed by atoms with E-state index >= 15 is 0 Å². The van der Waals surface area contributed by atoms with E-state index in [9.17, 15) is 13.2 Å². The number of carbonyl (C=O) groups is 1. The summed E-state index contributed by atoms with van der Waals surface area (Å²) >= 11 is 0. The predicted octanol–water partition coefficient (Wildman–Crippen LogP) is 3.25. The molecule has 8 heteroatoms. The first-order valence-electron chi connectivity index (χ1n) is 8.88. The number of carbonyl (C=O) groups excluding carboxylic acids is 1. The van der Waals surface area contributed by atoms with Gasteiger partial charge in [0.05, 0.1) is 25.7 Å². The van der Waals surface area contributed by atoms with Crippen molar-refractivity contribution in [1.82, 2.24) is 4.31 Å². The molecule has 0 radical (unpaired) electrons. The summed E-state index contributed by atoms with van der Waals surface area (Å²) in [7, 11) is 2.43. The van der Waals surface area contributed by atoms with Crippen molar-refractivity contribution in [3.05, 3.63) is 53.6 Å². The molecule has 0 heterocycles.